The van der Waals surface area contributed by atoms with E-state index in [0.717, 1.165) is 15.6 Å². The molecule has 0 amide bonds. The van der Waals surface area contributed by atoms with Crippen LogP contribution < -0.4 is 0 Å². The first-order valence-electron chi connectivity index (χ1n) is 6.39. The molecular weight excluding hydrogens is 308 g/mol. The number of aryl methyl sites for hydroxylation is 2. The summed E-state index contributed by atoms with van der Waals surface area (Å²) in [5.74, 6) is -1.31. The lowest BCUT2D eigenvalue weighted by atomic mass is 9.93. The summed E-state index contributed by atoms with van der Waals surface area (Å²) in [4.78, 5) is 24.2. The maximum Gasteiger partial charge on any atom is 0.316 e. The van der Waals surface area contributed by atoms with Crippen molar-refractivity contribution in [2.75, 3.05) is 6.61 Å². The topological polar surface area (TPSA) is 43.4 Å². The summed E-state index contributed by atoms with van der Waals surface area (Å²) < 4.78 is 5.95. The lowest BCUT2D eigenvalue weighted by molar-refractivity contribution is -0.146. The summed E-state index contributed by atoms with van der Waals surface area (Å²) >= 11 is 3.47. The molecule has 0 aliphatic heterocycles. The lowest BCUT2D eigenvalue weighted by Gasteiger charge is -2.14. The monoisotopic (exact) mass is 326 g/mol. The lowest BCUT2D eigenvalue weighted by Crippen LogP contribution is -2.26. The van der Waals surface area contributed by atoms with Crippen molar-refractivity contribution >= 4 is 27.7 Å². The zero-order valence-electron chi connectivity index (χ0n) is 11.7. The molecule has 0 fully saturated rings. The van der Waals surface area contributed by atoms with E-state index in [1.807, 2.05) is 20.8 Å². The molecule has 0 spiro atoms. The zero-order valence-corrected chi connectivity index (χ0v) is 13.3. The van der Waals surface area contributed by atoms with Crippen molar-refractivity contribution in [3.8, 4) is 0 Å². The predicted molar refractivity (Wildman–Crippen MR) is 78.4 cm³/mol. The Kier molecular flexibility index (Phi) is 5.73. The third-order valence-electron chi connectivity index (χ3n) is 3.02. The molecule has 19 heavy (non-hydrogen) atoms. The molecule has 1 aromatic carbocycles. The van der Waals surface area contributed by atoms with Gasteiger partial charge in [0.2, 0.25) is 0 Å². The van der Waals surface area contributed by atoms with Crippen LogP contribution in [0.1, 0.15) is 41.8 Å². The van der Waals surface area contributed by atoms with Gasteiger partial charge in [0.15, 0.2) is 5.78 Å². The van der Waals surface area contributed by atoms with Crippen LogP contribution in [0.15, 0.2) is 16.6 Å². The SMILES string of the molecule is CCOC(=O)C(CC)C(=O)c1cc(C)c(Br)c(C)c1. The van der Waals surface area contributed by atoms with Crippen molar-refractivity contribution in [1.29, 1.82) is 0 Å². The number of halogens is 1. The molecular formula is C15H19BrO3. The Balaban J connectivity index is 3.08. The standard InChI is InChI=1S/C15H19BrO3/c1-5-12(15(18)19-6-2)14(17)11-7-9(3)13(16)10(4)8-11/h7-8,12H,5-6H2,1-4H3. The molecule has 0 N–H and O–H groups in total. The number of benzene rings is 1. The Labute approximate surface area is 122 Å². The molecule has 0 saturated carbocycles. The number of Topliss-reactive ketones (excluding diaryl/α,β-unsaturated/α-hetero) is 1. The molecule has 0 radical (unpaired) electrons. The molecule has 104 valence electrons. The van der Waals surface area contributed by atoms with Gasteiger partial charge in [-0.3, -0.25) is 9.59 Å². The minimum absolute atomic E-state index is 0.167. The van der Waals surface area contributed by atoms with Crippen molar-refractivity contribution in [3.05, 3.63) is 33.3 Å². The number of hydrogen-bond acceptors (Lipinski definition) is 3. The number of carbonyl (C=O) groups is 2. The predicted octanol–water partition coefficient (Wildman–Crippen LogP) is 3.84. The summed E-state index contributed by atoms with van der Waals surface area (Å²) in [5, 5.41) is 0. The van der Waals surface area contributed by atoms with Crippen LogP contribution in [0.4, 0.5) is 0 Å². The fourth-order valence-electron chi connectivity index (χ4n) is 1.99. The first kappa shape index (κ1) is 15.9. The largest absolute Gasteiger partial charge is 0.465 e. The molecule has 1 atom stereocenters. The number of hydrogen-bond donors (Lipinski definition) is 0. The van der Waals surface area contributed by atoms with Crippen LogP contribution >= 0.6 is 15.9 Å². The molecule has 1 aromatic rings. The highest BCUT2D eigenvalue weighted by Gasteiger charge is 2.27. The second-order valence-electron chi connectivity index (χ2n) is 4.50. The van der Waals surface area contributed by atoms with Crippen LogP contribution in [-0.4, -0.2) is 18.4 Å². The van der Waals surface area contributed by atoms with Gasteiger partial charge in [0.05, 0.1) is 6.61 Å². The van der Waals surface area contributed by atoms with E-state index >= 15 is 0 Å². The van der Waals surface area contributed by atoms with E-state index in [0.29, 0.717) is 18.6 Å². The smallest absolute Gasteiger partial charge is 0.316 e. The van der Waals surface area contributed by atoms with Crippen molar-refractivity contribution < 1.29 is 14.3 Å². The van der Waals surface area contributed by atoms with Gasteiger partial charge in [0.1, 0.15) is 5.92 Å². The second kappa shape index (κ2) is 6.85. The highest BCUT2D eigenvalue weighted by atomic mass is 79.9. The Morgan fingerprint density at radius 3 is 2.16 bits per heavy atom. The number of ketones is 1. The second-order valence-corrected chi connectivity index (χ2v) is 5.29. The Morgan fingerprint density at radius 1 is 1.21 bits per heavy atom. The molecule has 1 rings (SSSR count). The maximum atomic E-state index is 12.4. The average molecular weight is 327 g/mol. The van der Waals surface area contributed by atoms with Crippen LogP contribution in [0, 0.1) is 19.8 Å². The van der Waals surface area contributed by atoms with Gasteiger partial charge in [-0.05, 0) is 50.5 Å². The molecule has 0 aliphatic rings. The van der Waals surface area contributed by atoms with Crippen molar-refractivity contribution in [3.63, 3.8) is 0 Å². The van der Waals surface area contributed by atoms with Gasteiger partial charge in [-0.2, -0.15) is 0 Å². The Hall–Kier alpha value is -1.16. The normalized spacial score (nSPS) is 12.1. The summed E-state index contributed by atoms with van der Waals surface area (Å²) in [5.41, 5.74) is 2.54. The fourth-order valence-corrected chi connectivity index (χ4v) is 2.22. The molecule has 0 saturated heterocycles. The first-order chi connectivity index (χ1) is 8.92. The Bertz CT molecular complexity index is 471. The van der Waals surface area contributed by atoms with Gasteiger partial charge in [-0.15, -0.1) is 0 Å². The molecule has 0 aromatic heterocycles. The van der Waals surface area contributed by atoms with E-state index in [1.54, 1.807) is 19.1 Å². The highest BCUT2D eigenvalue weighted by molar-refractivity contribution is 9.10. The van der Waals surface area contributed by atoms with Gasteiger partial charge in [-0.25, -0.2) is 0 Å². The van der Waals surface area contributed by atoms with Crippen molar-refractivity contribution in [2.45, 2.75) is 34.1 Å². The summed E-state index contributed by atoms with van der Waals surface area (Å²) in [7, 11) is 0. The van der Waals surface area contributed by atoms with Crippen LogP contribution in [0.3, 0.4) is 0 Å². The summed E-state index contributed by atoms with van der Waals surface area (Å²) in [6, 6.07) is 3.61. The van der Waals surface area contributed by atoms with Crippen LogP contribution in [0.2, 0.25) is 0 Å². The maximum absolute atomic E-state index is 12.4. The van der Waals surface area contributed by atoms with E-state index in [1.165, 1.54) is 0 Å². The van der Waals surface area contributed by atoms with Crippen molar-refractivity contribution in [1.82, 2.24) is 0 Å². The van der Waals surface area contributed by atoms with Gasteiger partial charge >= 0.3 is 5.97 Å². The number of esters is 1. The minimum Gasteiger partial charge on any atom is -0.465 e. The van der Waals surface area contributed by atoms with Gasteiger partial charge in [-0.1, -0.05) is 22.9 Å². The van der Waals surface area contributed by atoms with E-state index < -0.39 is 11.9 Å². The highest BCUT2D eigenvalue weighted by Crippen LogP contribution is 2.24. The Morgan fingerprint density at radius 2 is 1.74 bits per heavy atom. The van der Waals surface area contributed by atoms with E-state index in [2.05, 4.69) is 15.9 Å². The van der Waals surface area contributed by atoms with Crippen LogP contribution in [0.25, 0.3) is 0 Å². The van der Waals surface area contributed by atoms with Gasteiger partial charge in [0.25, 0.3) is 0 Å². The van der Waals surface area contributed by atoms with E-state index in [9.17, 15) is 9.59 Å². The third kappa shape index (κ3) is 3.66. The zero-order chi connectivity index (χ0) is 14.6. The molecule has 0 bridgehead atoms. The summed E-state index contributed by atoms with van der Waals surface area (Å²) in [6.07, 6.45) is 0.450. The molecule has 0 heterocycles. The fraction of sp³-hybridized carbons (Fsp3) is 0.467. The molecule has 4 heteroatoms. The number of ether oxygens (including phenoxy) is 1. The summed E-state index contributed by atoms with van der Waals surface area (Å²) in [6.45, 7) is 7.71. The molecule has 3 nitrogen and oxygen atoms in total. The van der Waals surface area contributed by atoms with Crippen LogP contribution in [0.5, 0.6) is 0 Å². The number of rotatable bonds is 5. The van der Waals surface area contributed by atoms with Crippen molar-refractivity contribution in [2.24, 2.45) is 5.92 Å². The number of carbonyl (C=O) groups excluding carboxylic acids is 2. The molecule has 1 unspecified atom stereocenters. The van der Waals surface area contributed by atoms with E-state index in [4.69, 9.17) is 4.74 Å². The van der Waals surface area contributed by atoms with E-state index in [-0.39, 0.29) is 5.78 Å². The molecule has 0 aliphatic carbocycles. The first-order valence-corrected chi connectivity index (χ1v) is 7.19. The quantitative estimate of drug-likeness (QED) is 0.469. The van der Waals surface area contributed by atoms with Crippen LogP contribution in [-0.2, 0) is 9.53 Å². The van der Waals surface area contributed by atoms with Gasteiger partial charge < -0.3 is 4.74 Å². The minimum atomic E-state index is -0.708. The average Bonchev–Trinajstić information content (AvgIpc) is 2.36. The third-order valence-corrected chi connectivity index (χ3v) is 4.27. The van der Waals surface area contributed by atoms with Gasteiger partial charge in [0, 0.05) is 10.0 Å².